The Bertz CT molecular complexity index is 579. The fraction of sp³-hybridized carbons (Fsp3) is 0.538. The summed E-state index contributed by atoms with van der Waals surface area (Å²) in [7, 11) is 0. The highest BCUT2D eigenvalue weighted by atomic mass is 35.5. The molecule has 0 spiro atoms. The summed E-state index contributed by atoms with van der Waals surface area (Å²) in [6, 6.07) is 1.97. The number of nitrogens with one attached hydrogen (secondary N) is 1. The number of thiophene rings is 1. The average molecular weight is 332 g/mol. The quantitative estimate of drug-likeness (QED) is 0.883. The summed E-state index contributed by atoms with van der Waals surface area (Å²) >= 11 is 3.18. The monoisotopic (exact) mass is 331 g/mol. The molecule has 3 rings (SSSR count). The minimum atomic E-state index is -0.392. The summed E-state index contributed by atoms with van der Waals surface area (Å²) in [4.78, 5) is 16.8. The second kappa shape index (κ2) is 5.97. The lowest BCUT2D eigenvalue weighted by atomic mass is 9.74. The van der Waals surface area contributed by atoms with E-state index in [1.807, 2.05) is 18.4 Å². The Morgan fingerprint density at radius 1 is 1.55 bits per heavy atom. The molecule has 0 saturated heterocycles. The number of hydrogen-bond acceptors (Lipinski definition) is 5. The van der Waals surface area contributed by atoms with Gasteiger partial charge in [0.15, 0.2) is 5.13 Å². The van der Waals surface area contributed by atoms with Gasteiger partial charge >= 0.3 is 0 Å². The maximum Gasteiger partial charge on any atom is 0.231 e. The van der Waals surface area contributed by atoms with Crippen molar-refractivity contribution in [3.05, 3.63) is 11.4 Å². The molecule has 110 valence electrons. The second-order valence-electron chi connectivity index (χ2n) is 5.41. The fourth-order valence-corrected chi connectivity index (χ4v) is 4.54. The van der Waals surface area contributed by atoms with Crippen LogP contribution in [0.15, 0.2) is 11.4 Å². The van der Waals surface area contributed by atoms with E-state index in [1.165, 1.54) is 11.3 Å². The van der Waals surface area contributed by atoms with Gasteiger partial charge in [-0.15, -0.1) is 23.7 Å². The van der Waals surface area contributed by atoms with E-state index in [-0.39, 0.29) is 24.2 Å². The van der Waals surface area contributed by atoms with Crippen LogP contribution in [0.5, 0.6) is 0 Å². The lowest BCUT2D eigenvalue weighted by Crippen LogP contribution is -2.51. The minimum absolute atomic E-state index is 0. The third kappa shape index (κ3) is 2.98. The van der Waals surface area contributed by atoms with Gasteiger partial charge in [-0.3, -0.25) is 4.79 Å². The van der Waals surface area contributed by atoms with Gasteiger partial charge in [0.2, 0.25) is 5.91 Å². The Kier molecular flexibility index (Phi) is 4.69. The zero-order chi connectivity index (χ0) is 13.5. The Morgan fingerprint density at radius 2 is 2.35 bits per heavy atom. The normalized spacial score (nSPS) is 26.2. The molecule has 4 nitrogen and oxygen atoms in total. The SMILES string of the molecule is CC1(N)CCCCC1C(=O)Nc1nc2ccsc2s1.Cl. The van der Waals surface area contributed by atoms with Crippen LogP contribution in [-0.2, 0) is 4.79 Å². The number of nitrogens with two attached hydrogens (primary N) is 1. The Balaban J connectivity index is 0.00000147. The van der Waals surface area contributed by atoms with Crippen molar-refractivity contribution in [2.24, 2.45) is 11.7 Å². The molecular weight excluding hydrogens is 314 g/mol. The molecule has 7 heteroatoms. The third-order valence-corrected chi connectivity index (χ3v) is 5.84. The van der Waals surface area contributed by atoms with Gasteiger partial charge in [-0.2, -0.15) is 0 Å². The predicted octanol–water partition coefficient (Wildman–Crippen LogP) is 3.63. The van der Waals surface area contributed by atoms with Crippen molar-refractivity contribution in [3.63, 3.8) is 0 Å². The lowest BCUT2D eigenvalue weighted by Gasteiger charge is -2.36. The van der Waals surface area contributed by atoms with Crippen LogP contribution < -0.4 is 11.1 Å². The molecule has 0 bridgehead atoms. The number of thiazole rings is 1. The third-order valence-electron chi connectivity index (χ3n) is 3.82. The minimum Gasteiger partial charge on any atom is -0.325 e. The molecule has 2 aromatic heterocycles. The predicted molar refractivity (Wildman–Crippen MR) is 87.9 cm³/mol. The van der Waals surface area contributed by atoms with Crippen LogP contribution in [0.4, 0.5) is 5.13 Å². The van der Waals surface area contributed by atoms with E-state index < -0.39 is 5.54 Å². The van der Waals surface area contributed by atoms with E-state index in [0.29, 0.717) is 5.13 Å². The maximum atomic E-state index is 12.4. The summed E-state index contributed by atoms with van der Waals surface area (Å²) in [5.41, 5.74) is 6.83. The van der Waals surface area contributed by atoms with Gasteiger partial charge in [-0.05, 0) is 31.2 Å². The van der Waals surface area contributed by atoms with Crippen molar-refractivity contribution in [2.45, 2.75) is 38.1 Å². The van der Waals surface area contributed by atoms with E-state index in [1.54, 1.807) is 11.3 Å². The first-order valence-electron chi connectivity index (χ1n) is 6.50. The molecule has 2 aromatic rings. The van der Waals surface area contributed by atoms with Crippen molar-refractivity contribution < 1.29 is 4.79 Å². The number of rotatable bonds is 2. The molecule has 1 aliphatic carbocycles. The highest BCUT2D eigenvalue weighted by molar-refractivity contribution is 7.39. The molecular formula is C13H18ClN3OS2. The number of hydrogen-bond donors (Lipinski definition) is 2. The number of carbonyl (C=O) groups is 1. The van der Waals surface area contributed by atoms with E-state index in [0.717, 1.165) is 35.2 Å². The molecule has 1 fully saturated rings. The molecule has 0 aromatic carbocycles. The molecule has 0 radical (unpaired) electrons. The largest absolute Gasteiger partial charge is 0.325 e. The smallest absolute Gasteiger partial charge is 0.231 e. The maximum absolute atomic E-state index is 12.4. The molecule has 1 aliphatic rings. The summed E-state index contributed by atoms with van der Waals surface area (Å²) in [6.45, 7) is 1.98. The molecule has 20 heavy (non-hydrogen) atoms. The van der Waals surface area contributed by atoms with E-state index in [4.69, 9.17) is 5.73 Å². The Labute approximate surface area is 132 Å². The van der Waals surface area contributed by atoms with Crippen LogP contribution in [0, 0.1) is 5.92 Å². The van der Waals surface area contributed by atoms with Crippen molar-refractivity contribution in [2.75, 3.05) is 5.32 Å². The topological polar surface area (TPSA) is 68.0 Å². The van der Waals surface area contributed by atoms with E-state index in [9.17, 15) is 4.79 Å². The highest BCUT2D eigenvalue weighted by Gasteiger charge is 2.38. The lowest BCUT2D eigenvalue weighted by molar-refractivity contribution is -0.122. The molecule has 1 amide bonds. The highest BCUT2D eigenvalue weighted by Crippen LogP contribution is 2.34. The van der Waals surface area contributed by atoms with Crippen LogP contribution >= 0.6 is 35.1 Å². The molecule has 0 aliphatic heterocycles. The van der Waals surface area contributed by atoms with Crippen LogP contribution in [0.1, 0.15) is 32.6 Å². The summed E-state index contributed by atoms with van der Waals surface area (Å²) in [6.07, 6.45) is 3.98. The first-order valence-corrected chi connectivity index (χ1v) is 8.20. The van der Waals surface area contributed by atoms with Crippen molar-refractivity contribution >= 4 is 55.6 Å². The summed E-state index contributed by atoms with van der Waals surface area (Å²) < 4.78 is 1.15. The molecule has 1 saturated carbocycles. The Hall–Kier alpha value is -0.690. The summed E-state index contributed by atoms with van der Waals surface area (Å²) in [5, 5.41) is 5.64. The van der Waals surface area contributed by atoms with Gasteiger partial charge in [0.1, 0.15) is 4.01 Å². The molecule has 3 N–H and O–H groups in total. The Morgan fingerprint density at radius 3 is 3.05 bits per heavy atom. The van der Waals surface area contributed by atoms with Crippen molar-refractivity contribution in [1.82, 2.24) is 4.98 Å². The average Bonchev–Trinajstić information content (AvgIpc) is 2.88. The van der Waals surface area contributed by atoms with Crippen LogP contribution in [0.2, 0.25) is 0 Å². The number of halogens is 1. The van der Waals surface area contributed by atoms with Crippen LogP contribution in [-0.4, -0.2) is 16.4 Å². The van der Waals surface area contributed by atoms with Gasteiger partial charge < -0.3 is 11.1 Å². The standard InChI is InChI=1S/C13H17N3OS2.ClH/c1-13(14)6-3-2-4-8(13)10(17)16-12-15-9-5-7-18-11(9)19-12;/h5,7-8H,2-4,6,14H2,1H3,(H,15,16,17);1H. The van der Waals surface area contributed by atoms with Crippen molar-refractivity contribution in [1.29, 1.82) is 0 Å². The molecule has 2 unspecified atom stereocenters. The molecule has 2 atom stereocenters. The van der Waals surface area contributed by atoms with Gasteiger partial charge in [0.05, 0.1) is 11.4 Å². The molecule has 2 heterocycles. The van der Waals surface area contributed by atoms with Gasteiger partial charge in [0.25, 0.3) is 0 Å². The fourth-order valence-electron chi connectivity index (χ4n) is 2.70. The van der Waals surface area contributed by atoms with Gasteiger partial charge in [-0.25, -0.2) is 4.98 Å². The number of aromatic nitrogens is 1. The number of anilines is 1. The van der Waals surface area contributed by atoms with E-state index >= 15 is 0 Å². The second-order valence-corrected chi connectivity index (χ2v) is 7.58. The first kappa shape index (κ1) is 15.7. The van der Waals surface area contributed by atoms with E-state index in [2.05, 4.69) is 10.3 Å². The number of carbonyl (C=O) groups excluding carboxylic acids is 1. The first-order chi connectivity index (χ1) is 9.06. The number of amides is 1. The van der Waals surface area contributed by atoms with Crippen LogP contribution in [0.3, 0.4) is 0 Å². The summed E-state index contributed by atoms with van der Waals surface area (Å²) in [5.74, 6) is -0.0886. The van der Waals surface area contributed by atoms with Crippen LogP contribution in [0.25, 0.3) is 9.53 Å². The van der Waals surface area contributed by atoms with Gasteiger partial charge in [0, 0.05) is 5.54 Å². The van der Waals surface area contributed by atoms with Gasteiger partial charge in [-0.1, -0.05) is 24.2 Å². The van der Waals surface area contributed by atoms with Crippen molar-refractivity contribution in [3.8, 4) is 0 Å². The zero-order valence-electron chi connectivity index (χ0n) is 11.2. The zero-order valence-corrected chi connectivity index (χ0v) is 13.7. The number of fused-ring (bicyclic) bond motifs is 1. The number of nitrogens with zero attached hydrogens (tertiary/aromatic N) is 1.